The second-order valence-corrected chi connectivity index (χ2v) is 5.28. The van der Waals surface area contributed by atoms with Gasteiger partial charge in [-0.1, -0.05) is 12.1 Å². The first-order valence-electron chi connectivity index (χ1n) is 7.13. The van der Waals surface area contributed by atoms with Crippen LogP contribution in [0.1, 0.15) is 18.4 Å². The van der Waals surface area contributed by atoms with Gasteiger partial charge in [-0.3, -0.25) is 4.79 Å². The van der Waals surface area contributed by atoms with Crippen molar-refractivity contribution in [2.24, 2.45) is 0 Å². The van der Waals surface area contributed by atoms with Gasteiger partial charge in [0.2, 0.25) is 0 Å². The third kappa shape index (κ3) is 3.37. The summed E-state index contributed by atoms with van der Waals surface area (Å²) in [5.74, 6) is 1.97. The molecule has 1 aliphatic heterocycles. The van der Waals surface area contributed by atoms with Crippen LogP contribution in [0.3, 0.4) is 0 Å². The maximum absolute atomic E-state index is 11.3. The van der Waals surface area contributed by atoms with Crippen LogP contribution in [0.2, 0.25) is 0 Å². The van der Waals surface area contributed by atoms with Crippen LogP contribution in [0.5, 0.6) is 0 Å². The molecule has 1 aromatic carbocycles. The standard InChI is InChI=1S/C16H18N4O/c1-12-3-2-4-13(9-12)19-15-10-16(18-11-17-15)20-7-5-14(21)6-8-20/h2-4,9-11H,5-8H2,1H3,(H,17,18,19). The fraction of sp³-hybridized carbons (Fsp3) is 0.312. The normalized spacial score (nSPS) is 15.1. The average Bonchev–Trinajstić information content (AvgIpc) is 2.48. The Balaban J connectivity index is 1.75. The zero-order chi connectivity index (χ0) is 14.7. The van der Waals surface area contributed by atoms with Crippen molar-refractivity contribution in [3.05, 3.63) is 42.2 Å². The lowest BCUT2D eigenvalue weighted by molar-refractivity contribution is -0.119. The van der Waals surface area contributed by atoms with Gasteiger partial charge in [0.15, 0.2) is 0 Å². The van der Waals surface area contributed by atoms with E-state index in [0.717, 1.165) is 30.4 Å². The molecule has 21 heavy (non-hydrogen) atoms. The van der Waals surface area contributed by atoms with Crippen molar-refractivity contribution in [2.75, 3.05) is 23.3 Å². The summed E-state index contributed by atoms with van der Waals surface area (Å²) in [4.78, 5) is 22.0. The number of carbonyl (C=O) groups excluding carboxylic acids is 1. The second-order valence-electron chi connectivity index (χ2n) is 5.28. The molecule has 0 amide bonds. The van der Waals surface area contributed by atoms with Crippen LogP contribution in [0.15, 0.2) is 36.7 Å². The summed E-state index contributed by atoms with van der Waals surface area (Å²) < 4.78 is 0. The molecule has 1 N–H and O–H groups in total. The summed E-state index contributed by atoms with van der Waals surface area (Å²) in [6.45, 7) is 3.53. The molecule has 0 unspecified atom stereocenters. The number of piperidine rings is 1. The van der Waals surface area contributed by atoms with E-state index in [2.05, 4.69) is 39.2 Å². The molecule has 1 aliphatic rings. The van der Waals surface area contributed by atoms with Gasteiger partial charge in [-0.2, -0.15) is 0 Å². The number of Topliss-reactive ketones (excluding diaryl/α,β-unsaturated/α-hetero) is 1. The number of aromatic nitrogens is 2. The molecule has 0 saturated carbocycles. The second kappa shape index (κ2) is 5.91. The smallest absolute Gasteiger partial charge is 0.136 e. The van der Waals surface area contributed by atoms with Gasteiger partial charge >= 0.3 is 0 Å². The molecule has 1 saturated heterocycles. The van der Waals surface area contributed by atoms with Crippen LogP contribution >= 0.6 is 0 Å². The van der Waals surface area contributed by atoms with E-state index in [1.165, 1.54) is 5.56 Å². The summed E-state index contributed by atoms with van der Waals surface area (Å²) in [6.07, 6.45) is 2.76. The highest BCUT2D eigenvalue weighted by molar-refractivity contribution is 5.80. The quantitative estimate of drug-likeness (QED) is 0.938. The molecule has 0 spiro atoms. The number of rotatable bonds is 3. The van der Waals surface area contributed by atoms with Crippen molar-refractivity contribution in [1.29, 1.82) is 0 Å². The van der Waals surface area contributed by atoms with E-state index in [0.29, 0.717) is 18.6 Å². The fourth-order valence-electron chi connectivity index (χ4n) is 2.44. The van der Waals surface area contributed by atoms with Crippen molar-refractivity contribution in [1.82, 2.24) is 9.97 Å². The minimum atomic E-state index is 0.332. The van der Waals surface area contributed by atoms with E-state index in [1.54, 1.807) is 6.33 Å². The van der Waals surface area contributed by atoms with Crippen molar-refractivity contribution >= 4 is 23.1 Å². The van der Waals surface area contributed by atoms with Crippen molar-refractivity contribution < 1.29 is 4.79 Å². The van der Waals surface area contributed by atoms with Crippen molar-refractivity contribution in [2.45, 2.75) is 19.8 Å². The number of ketones is 1. The third-order valence-electron chi connectivity index (χ3n) is 3.59. The summed E-state index contributed by atoms with van der Waals surface area (Å²) in [6, 6.07) is 10.1. The molecule has 5 heteroatoms. The van der Waals surface area contributed by atoms with E-state index in [-0.39, 0.29) is 0 Å². The van der Waals surface area contributed by atoms with Crippen LogP contribution in [0.4, 0.5) is 17.3 Å². The summed E-state index contributed by atoms with van der Waals surface area (Å²) in [5.41, 5.74) is 2.21. The highest BCUT2D eigenvalue weighted by atomic mass is 16.1. The molecule has 0 atom stereocenters. The zero-order valence-electron chi connectivity index (χ0n) is 12.0. The Morgan fingerprint density at radius 1 is 1.14 bits per heavy atom. The maximum atomic E-state index is 11.3. The molecule has 2 aromatic rings. The van der Waals surface area contributed by atoms with E-state index >= 15 is 0 Å². The van der Waals surface area contributed by atoms with Gasteiger partial charge in [0.25, 0.3) is 0 Å². The van der Waals surface area contributed by atoms with Gasteiger partial charge in [-0.15, -0.1) is 0 Å². The number of aryl methyl sites for hydroxylation is 1. The number of nitrogens with zero attached hydrogens (tertiary/aromatic N) is 3. The highest BCUT2D eigenvalue weighted by Crippen LogP contribution is 2.21. The maximum Gasteiger partial charge on any atom is 0.136 e. The molecule has 2 heterocycles. The summed E-state index contributed by atoms with van der Waals surface area (Å²) in [5, 5.41) is 3.29. The first kappa shape index (κ1) is 13.5. The first-order chi connectivity index (χ1) is 10.2. The Morgan fingerprint density at radius 2 is 1.95 bits per heavy atom. The van der Waals surface area contributed by atoms with Crippen LogP contribution in [-0.2, 0) is 4.79 Å². The van der Waals surface area contributed by atoms with E-state index in [9.17, 15) is 4.79 Å². The third-order valence-corrected chi connectivity index (χ3v) is 3.59. The predicted molar refractivity (Wildman–Crippen MR) is 82.9 cm³/mol. The molecule has 3 rings (SSSR count). The number of hydrogen-bond donors (Lipinski definition) is 1. The molecular formula is C16H18N4O. The molecule has 0 aliphatic carbocycles. The topological polar surface area (TPSA) is 58.1 Å². The first-order valence-corrected chi connectivity index (χ1v) is 7.13. The fourth-order valence-corrected chi connectivity index (χ4v) is 2.44. The van der Waals surface area contributed by atoms with Crippen LogP contribution in [0.25, 0.3) is 0 Å². The molecule has 5 nitrogen and oxygen atoms in total. The molecule has 1 aromatic heterocycles. The Morgan fingerprint density at radius 3 is 2.71 bits per heavy atom. The van der Waals surface area contributed by atoms with Crippen LogP contribution < -0.4 is 10.2 Å². The van der Waals surface area contributed by atoms with Gasteiger partial charge in [0.1, 0.15) is 23.7 Å². The molecule has 108 valence electrons. The van der Waals surface area contributed by atoms with Gasteiger partial charge in [-0.05, 0) is 24.6 Å². The summed E-state index contributed by atoms with van der Waals surface area (Å²) >= 11 is 0. The minimum absolute atomic E-state index is 0.332. The summed E-state index contributed by atoms with van der Waals surface area (Å²) in [7, 11) is 0. The van der Waals surface area contributed by atoms with Crippen LogP contribution in [-0.4, -0.2) is 28.8 Å². The lowest BCUT2D eigenvalue weighted by Crippen LogP contribution is -2.34. The average molecular weight is 282 g/mol. The van der Waals surface area contributed by atoms with Crippen molar-refractivity contribution in [3.8, 4) is 0 Å². The number of nitrogens with one attached hydrogen (secondary N) is 1. The van der Waals surface area contributed by atoms with Gasteiger partial charge in [0, 0.05) is 37.7 Å². The number of anilines is 3. The molecule has 1 fully saturated rings. The number of benzene rings is 1. The van der Waals surface area contributed by atoms with Gasteiger partial charge < -0.3 is 10.2 Å². The zero-order valence-corrected chi connectivity index (χ0v) is 12.0. The lowest BCUT2D eigenvalue weighted by Gasteiger charge is -2.27. The van der Waals surface area contributed by atoms with E-state index < -0.39 is 0 Å². The Bertz CT molecular complexity index is 646. The van der Waals surface area contributed by atoms with Crippen LogP contribution in [0, 0.1) is 6.92 Å². The lowest BCUT2D eigenvalue weighted by atomic mass is 10.1. The minimum Gasteiger partial charge on any atom is -0.356 e. The molecule has 0 radical (unpaired) electrons. The highest BCUT2D eigenvalue weighted by Gasteiger charge is 2.17. The number of carbonyl (C=O) groups is 1. The Kier molecular flexibility index (Phi) is 3.81. The monoisotopic (exact) mass is 282 g/mol. The van der Waals surface area contributed by atoms with E-state index in [1.807, 2.05) is 18.2 Å². The van der Waals surface area contributed by atoms with Crippen molar-refractivity contribution in [3.63, 3.8) is 0 Å². The molecule has 0 bridgehead atoms. The Labute approximate surface area is 124 Å². The molecular weight excluding hydrogens is 264 g/mol. The van der Waals surface area contributed by atoms with E-state index in [4.69, 9.17) is 0 Å². The largest absolute Gasteiger partial charge is 0.356 e. The predicted octanol–water partition coefficient (Wildman–Crippen LogP) is 2.70. The number of hydrogen-bond acceptors (Lipinski definition) is 5. The SMILES string of the molecule is Cc1cccc(Nc2cc(N3CCC(=O)CC3)ncn2)c1. The Hall–Kier alpha value is -2.43. The van der Waals surface area contributed by atoms with Gasteiger partial charge in [0.05, 0.1) is 0 Å². The van der Waals surface area contributed by atoms with Gasteiger partial charge in [-0.25, -0.2) is 9.97 Å².